The van der Waals surface area contributed by atoms with Gasteiger partial charge in [-0.2, -0.15) is 0 Å². The Balaban J connectivity index is 2.27. The molecule has 0 radical (unpaired) electrons. The number of amides is 1. The molecule has 1 saturated carbocycles. The molecule has 1 aromatic heterocycles. The SMILES string of the molecule is CCO[C@@H]1C[C@@](NC(=O)c2ccncc2Cl)(C(=O)O)C1(C)C. The number of halogens is 1. The fraction of sp³-hybridized carbons (Fsp3) is 0.533. The topological polar surface area (TPSA) is 88.5 Å². The maximum absolute atomic E-state index is 12.4. The quantitative estimate of drug-likeness (QED) is 0.865. The molecular weight excluding hydrogens is 308 g/mol. The first-order chi connectivity index (χ1) is 10.3. The number of hydrogen-bond donors (Lipinski definition) is 2. The molecule has 0 aliphatic heterocycles. The third-order valence-electron chi connectivity index (χ3n) is 4.47. The number of nitrogens with zero attached hydrogens (tertiary/aromatic N) is 1. The predicted octanol–water partition coefficient (Wildman–Crippen LogP) is 2.12. The first kappa shape index (κ1) is 16.7. The van der Waals surface area contributed by atoms with E-state index < -0.39 is 22.8 Å². The fourth-order valence-electron chi connectivity index (χ4n) is 2.86. The van der Waals surface area contributed by atoms with Gasteiger partial charge in [0.25, 0.3) is 5.91 Å². The van der Waals surface area contributed by atoms with Crippen LogP contribution < -0.4 is 5.32 Å². The summed E-state index contributed by atoms with van der Waals surface area (Å²) >= 11 is 5.94. The van der Waals surface area contributed by atoms with Crippen LogP contribution in [-0.4, -0.2) is 40.2 Å². The number of carbonyl (C=O) groups excluding carboxylic acids is 1. The van der Waals surface area contributed by atoms with Gasteiger partial charge in [-0.05, 0) is 13.0 Å². The largest absolute Gasteiger partial charge is 0.479 e. The van der Waals surface area contributed by atoms with Crippen molar-refractivity contribution in [3.63, 3.8) is 0 Å². The van der Waals surface area contributed by atoms with Gasteiger partial charge >= 0.3 is 5.97 Å². The molecule has 2 atom stereocenters. The Morgan fingerprint density at radius 1 is 1.55 bits per heavy atom. The zero-order valence-corrected chi connectivity index (χ0v) is 13.5. The summed E-state index contributed by atoms with van der Waals surface area (Å²) in [6.07, 6.45) is 2.78. The minimum atomic E-state index is -1.38. The molecule has 120 valence electrons. The summed E-state index contributed by atoms with van der Waals surface area (Å²) in [7, 11) is 0. The average Bonchev–Trinajstić information content (AvgIpc) is 2.45. The van der Waals surface area contributed by atoms with Gasteiger partial charge in [0.1, 0.15) is 5.54 Å². The molecule has 1 aliphatic carbocycles. The second kappa shape index (κ2) is 5.85. The van der Waals surface area contributed by atoms with Crippen LogP contribution in [0.3, 0.4) is 0 Å². The van der Waals surface area contributed by atoms with Crippen LogP contribution in [0.25, 0.3) is 0 Å². The van der Waals surface area contributed by atoms with Gasteiger partial charge in [-0.15, -0.1) is 0 Å². The molecule has 1 aromatic rings. The Hall–Kier alpha value is -1.66. The van der Waals surface area contributed by atoms with E-state index in [1.807, 2.05) is 6.92 Å². The molecule has 1 fully saturated rings. The van der Waals surface area contributed by atoms with Gasteiger partial charge in [-0.3, -0.25) is 9.78 Å². The standard InChI is InChI=1S/C15H19ClN2O4/c1-4-22-11-7-15(13(20)21,14(11,2)3)18-12(19)9-5-6-17-8-10(9)16/h5-6,8,11H,4,7H2,1-3H3,(H,18,19)(H,20,21)/t11-,15-/m1/s1. The van der Waals surface area contributed by atoms with Crippen LogP contribution in [-0.2, 0) is 9.53 Å². The maximum Gasteiger partial charge on any atom is 0.330 e. The number of rotatable bonds is 5. The van der Waals surface area contributed by atoms with Crippen molar-refractivity contribution in [3.8, 4) is 0 Å². The molecule has 0 spiro atoms. The lowest BCUT2D eigenvalue weighted by atomic mass is 9.54. The Bertz CT molecular complexity index is 605. The van der Waals surface area contributed by atoms with Crippen molar-refractivity contribution in [2.45, 2.75) is 38.8 Å². The summed E-state index contributed by atoms with van der Waals surface area (Å²) in [6.45, 7) is 5.90. The van der Waals surface area contributed by atoms with E-state index in [9.17, 15) is 14.7 Å². The van der Waals surface area contributed by atoms with Gasteiger partial charge in [-0.1, -0.05) is 25.4 Å². The number of hydrogen-bond acceptors (Lipinski definition) is 4. The number of aliphatic carboxylic acids is 1. The lowest BCUT2D eigenvalue weighted by Crippen LogP contribution is -2.76. The van der Waals surface area contributed by atoms with Crippen molar-refractivity contribution in [3.05, 3.63) is 29.0 Å². The van der Waals surface area contributed by atoms with E-state index in [1.165, 1.54) is 18.5 Å². The third-order valence-corrected chi connectivity index (χ3v) is 4.77. The van der Waals surface area contributed by atoms with Crippen LogP contribution >= 0.6 is 11.6 Å². The second-order valence-corrected chi connectivity index (χ2v) is 6.30. The molecular formula is C15H19ClN2O4. The van der Waals surface area contributed by atoms with Gasteiger partial charge in [0.15, 0.2) is 0 Å². The summed E-state index contributed by atoms with van der Waals surface area (Å²) in [5, 5.41) is 12.5. The molecule has 6 nitrogen and oxygen atoms in total. The van der Waals surface area contributed by atoms with E-state index in [1.54, 1.807) is 13.8 Å². The van der Waals surface area contributed by atoms with Gasteiger partial charge in [0.2, 0.25) is 0 Å². The first-order valence-electron chi connectivity index (χ1n) is 7.03. The molecule has 0 bridgehead atoms. The van der Waals surface area contributed by atoms with E-state index in [4.69, 9.17) is 16.3 Å². The van der Waals surface area contributed by atoms with E-state index in [-0.39, 0.29) is 23.1 Å². The van der Waals surface area contributed by atoms with Crippen LogP contribution in [0.15, 0.2) is 18.5 Å². The molecule has 0 unspecified atom stereocenters. The van der Waals surface area contributed by atoms with Crippen molar-refractivity contribution in [2.75, 3.05) is 6.61 Å². The number of carboxylic acids is 1. The number of carboxylic acid groups (broad SMARTS) is 1. The molecule has 22 heavy (non-hydrogen) atoms. The van der Waals surface area contributed by atoms with Crippen LogP contribution in [0.1, 0.15) is 37.6 Å². The van der Waals surface area contributed by atoms with Crippen molar-refractivity contribution in [2.24, 2.45) is 5.41 Å². The average molecular weight is 327 g/mol. The molecule has 2 N–H and O–H groups in total. The third kappa shape index (κ3) is 2.46. The van der Waals surface area contributed by atoms with Crippen molar-refractivity contribution in [1.29, 1.82) is 0 Å². The number of ether oxygens (including phenoxy) is 1. The Labute approximate surface area is 133 Å². The second-order valence-electron chi connectivity index (χ2n) is 5.89. The van der Waals surface area contributed by atoms with Crippen LogP contribution in [0, 0.1) is 5.41 Å². The smallest absolute Gasteiger partial charge is 0.330 e. The van der Waals surface area contributed by atoms with E-state index in [2.05, 4.69) is 10.3 Å². The van der Waals surface area contributed by atoms with Crippen molar-refractivity contribution in [1.82, 2.24) is 10.3 Å². The number of carbonyl (C=O) groups is 2. The summed E-state index contributed by atoms with van der Waals surface area (Å²) in [5.74, 6) is -1.61. The van der Waals surface area contributed by atoms with Crippen molar-refractivity contribution >= 4 is 23.5 Å². The number of nitrogens with one attached hydrogen (secondary N) is 1. The normalized spacial score (nSPS) is 26.1. The Morgan fingerprint density at radius 2 is 2.23 bits per heavy atom. The number of pyridine rings is 1. The van der Waals surface area contributed by atoms with E-state index in [0.717, 1.165) is 0 Å². The van der Waals surface area contributed by atoms with Gasteiger partial charge < -0.3 is 15.2 Å². The van der Waals surface area contributed by atoms with Crippen LogP contribution in [0.5, 0.6) is 0 Å². The minimum absolute atomic E-state index is 0.180. The van der Waals surface area contributed by atoms with E-state index in [0.29, 0.717) is 6.61 Å². The highest BCUT2D eigenvalue weighted by atomic mass is 35.5. The highest BCUT2D eigenvalue weighted by Crippen LogP contribution is 2.51. The summed E-state index contributed by atoms with van der Waals surface area (Å²) in [4.78, 5) is 28.0. The fourth-order valence-corrected chi connectivity index (χ4v) is 3.06. The molecule has 0 aromatic carbocycles. The lowest BCUT2D eigenvalue weighted by Gasteiger charge is -2.58. The summed E-state index contributed by atoms with van der Waals surface area (Å²) in [5.41, 5.74) is -1.91. The monoisotopic (exact) mass is 326 g/mol. The number of aromatic nitrogens is 1. The summed E-state index contributed by atoms with van der Waals surface area (Å²) < 4.78 is 5.56. The summed E-state index contributed by atoms with van der Waals surface area (Å²) in [6, 6.07) is 1.46. The molecule has 1 amide bonds. The molecule has 1 heterocycles. The molecule has 2 rings (SSSR count). The molecule has 1 aliphatic rings. The zero-order chi connectivity index (χ0) is 16.5. The highest BCUT2D eigenvalue weighted by Gasteiger charge is 2.66. The highest BCUT2D eigenvalue weighted by molar-refractivity contribution is 6.33. The lowest BCUT2D eigenvalue weighted by molar-refractivity contribution is -0.190. The maximum atomic E-state index is 12.4. The zero-order valence-electron chi connectivity index (χ0n) is 12.7. The molecule has 7 heteroatoms. The van der Waals surface area contributed by atoms with Crippen LogP contribution in [0.2, 0.25) is 5.02 Å². The first-order valence-corrected chi connectivity index (χ1v) is 7.41. The molecule has 0 saturated heterocycles. The van der Waals surface area contributed by atoms with Gasteiger partial charge in [0.05, 0.1) is 16.7 Å². The van der Waals surface area contributed by atoms with E-state index >= 15 is 0 Å². The Kier molecular flexibility index (Phi) is 4.44. The van der Waals surface area contributed by atoms with Gasteiger partial charge in [0, 0.05) is 30.8 Å². The predicted molar refractivity (Wildman–Crippen MR) is 80.9 cm³/mol. The van der Waals surface area contributed by atoms with Crippen molar-refractivity contribution < 1.29 is 19.4 Å². The van der Waals surface area contributed by atoms with Gasteiger partial charge in [-0.25, -0.2) is 4.79 Å². The Morgan fingerprint density at radius 3 is 2.73 bits per heavy atom. The van der Waals surface area contributed by atoms with Crippen LogP contribution in [0.4, 0.5) is 0 Å². The minimum Gasteiger partial charge on any atom is -0.479 e.